The Kier molecular flexibility index (Phi) is 4.02. The Labute approximate surface area is 120 Å². The quantitative estimate of drug-likeness (QED) is 0.863. The van der Waals surface area contributed by atoms with E-state index in [1.165, 1.54) is 18.2 Å². The van der Waals surface area contributed by atoms with Crippen molar-refractivity contribution >= 4 is 11.6 Å². The van der Waals surface area contributed by atoms with Gasteiger partial charge in [0.05, 0.1) is 11.3 Å². The molecule has 0 unspecified atom stereocenters. The number of hydrogen-bond acceptors (Lipinski definition) is 1. The van der Waals surface area contributed by atoms with Crippen molar-refractivity contribution in [2.24, 2.45) is 0 Å². The fourth-order valence-corrected chi connectivity index (χ4v) is 2.01. The van der Waals surface area contributed by atoms with Crippen LogP contribution < -0.4 is 5.32 Å². The number of halogens is 3. The van der Waals surface area contributed by atoms with Crippen LogP contribution in [-0.2, 0) is 6.18 Å². The van der Waals surface area contributed by atoms with Crippen molar-refractivity contribution in [1.29, 1.82) is 0 Å². The first-order chi connectivity index (χ1) is 9.79. The highest BCUT2D eigenvalue weighted by Crippen LogP contribution is 2.34. The summed E-state index contributed by atoms with van der Waals surface area (Å²) in [7, 11) is 0. The maximum atomic E-state index is 12.9. The third-order valence-corrected chi connectivity index (χ3v) is 3.12. The maximum Gasteiger partial charge on any atom is 0.418 e. The molecule has 2 aromatic rings. The molecule has 2 nitrogen and oxygen atoms in total. The van der Waals surface area contributed by atoms with Gasteiger partial charge in [0.2, 0.25) is 0 Å². The molecule has 110 valence electrons. The molecule has 0 heterocycles. The van der Waals surface area contributed by atoms with Gasteiger partial charge in [0.25, 0.3) is 5.91 Å². The summed E-state index contributed by atoms with van der Waals surface area (Å²) in [4.78, 5) is 12.2. The van der Waals surface area contributed by atoms with Crippen molar-refractivity contribution in [3.05, 3.63) is 64.7 Å². The summed E-state index contributed by atoms with van der Waals surface area (Å²) in [6, 6.07) is 10.2. The zero-order chi connectivity index (χ0) is 15.6. The fraction of sp³-hybridized carbons (Fsp3) is 0.188. The van der Waals surface area contributed by atoms with Gasteiger partial charge in [0.1, 0.15) is 0 Å². The largest absolute Gasteiger partial charge is 0.418 e. The van der Waals surface area contributed by atoms with E-state index in [4.69, 9.17) is 0 Å². The zero-order valence-electron chi connectivity index (χ0n) is 11.6. The third-order valence-electron chi connectivity index (χ3n) is 3.12. The molecule has 0 bridgehead atoms. The number of alkyl halides is 3. The maximum absolute atomic E-state index is 12.9. The van der Waals surface area contributed by atoms with Gasteiger partial charge < -0.3 is 5.32 Å². The highest BCUT2D eigenvalue weighted by atomic mass is 19.4. The molecule has 0 aromatic heterocycles. The number of benzene rings is 2. The molecule has 1 N–H and O–H groups in total. The van der Waals surface area contributed by atoms with E-state index in [1.54, 1.807) is 19.1 Å². The monoisotopic (exact) mass is 293 g/mol. The number of carbonyl (C=O) groups is 1. The van der Waals surface area contributed by atoms with Gasteiger partial charge in [0, 0.05) is 5.56 Å². The van der Waals surface area contributed by atoms with Crippen molar-refractivity contribution in [3.63, 3.8) is 0 Å². The van der Waals surface area contributed by atoms with Crippen molar-refractivity contribution in [3.8, 4) is 0 Å². The van der Waals surface area contributed by atoms with Gasteiger partial charge in [-0.05, 0) is 37.6 Å². The lowest BCUT2D eigenvalue weighted by Gasteiger charge is -2.14. The van der Waals surface area contributed by atoms with E-state index in [2.05, 4.69) is 5.32 Å². The minimum absolute atomic E-state index is 0.240. The molecule has 0 aliphatic carbocycles. The average molecular weight is 293 g/mol. The highest BCUT2D eigenvalue weighted by molar-refractivity contribution is 6.05. The SMILES string of the molecule is Cc1ccc(C)c(C(=O)Nc2ccccc2C(F)(F)F)c1. The number of amides is 1. The molecule has 21 heavy (non-hydrogen) atoms. The van der Waals surface area contributed by atoms with E-state index in [-0.39, 0.29) is 5.69 Å². The highest BCUT2D eigenvalue weighted by Gasteiger charge is 2.33. The van der Waals surface area contributed by atoms with E-state index < -0.39 is 17.6 Å². The van der Waals surface area contributed by atoms with Gasteiger partial charge in [-0.15, -0.1) is 0 Å². The molecule has 1 amide bonds. The fourth-order valence-electron chi connectivity index (χ4n) is 2.01. The van der Waals surface area contributed by atoms with Gasteiger partial charge in [-0.25, -0.2) is 0 Å². The molecular formula is C16H14F3NO. The molecule has 0 aliphatic rings. The number of aryl methyl sites for hydroxylation is 2. The number of hydrogen-bond donors (Lipinski definition) is 1. The summed E-state index contributed by atoms with van der Waals surface area (Å²) in [6.45, 7) is 3.56. The van der Waals surface area contributed by atoms with Crippen LogP contribution in [0.25, 0.3) is 0 Å². The Hall–Kier alpha value is -2.30. The topological polar surface area (TPSA) is 29.1 Å². The number of rotatable bonds is 2. The minimum atomic E-state index is -4.51. The Bertz CT molecular complexity index is 677. The van der Waals surface area contributed by atoms with Crippen LogP contribution in [0, 0.1) is 13.8 Å². The number of nitrogens with one attached hydrogen (secondary N) is 1. The number of anilines is 1. The summed E-state index contributed by atoms with van der Waals surface area (Å²) in [5.41, 5.74) is 0.851. The summed E-state index contributed by atoms with van der Waals surface area (Å²) in [5, 5.41) is 2.34. The molecule has 0 saturated carbocycles. The molecular weight excluding hydrogens is 279 g/mol. The van der Waals surface area contributed by atoms with Crippen LogP contribution in [0.5, 0.6) is 0 Å². The predicted molar refractivity (Wildman–Crippen MR) is 75.3 cm³/mol. The van der Waals surface area contributed by atoms with Crippen LogP contribution in [0.2, 0.25) is 0 Å². The van der Waals surface area contributed by atoms with Gasteiger partial charge in [-0.1, -0.05) is 29.8 Å². The standard InChI is InChI=1S/C16H14F3NO/c1-10-7-8-11(2)12(9-10)15(21)20-14-6-4-3-5-13(14)16(17,18)19/h3-9H,1-2H3,(H,20,21). The van der Waals surface area contributed by atoms with Gasteiger partial charge in [0.15, 0.2) is 0 Å². The molecule has 2 aromatic carbocycles. The molecule has 0 radical (unpaired) electrons. The number of carbonyl (C=O) groups excluding carboxylic acids is 1. The van der Waals surface area contributed by atoms with Crippen LogP contribution in [0.1, 0.15) is 27.0 Å². The Morgan fingerprint density at radius 2 is 1.71 bits per heavy atom. The lowest BCUT2D eigenvalue weighted by molar-refractivity contribution is -0.136. The van der Waals surface area contributed by atoms with E-state index in [0.717, 1.165) is 11.6 Å². The second-order valence-corrected chi connectivity index (χ2v) is 4.82. The van der Waals surface area contributed by atoms with Crippen molar-refractivity contribution in [2.75, 3.05) is 5.32 Å². The predicted octanol–water partition coefficient (Wildman–Crippen LogP) is 4.57. The Morgan fingerprint density at radius 3 is 2.38 bits per heavy atom. The first-order valence-electron chi connectivity index (χ1n) is 6.34. The van der Waals surface area contributed by atoms with Crippen molar-refractivity contribution in [1.82, 2.24) is 0 Å². The van der Waals surface area contributed by atoms with Gasteiger partial charge in [-0.2, -0.15) is 13.2 Å². The summed E-state index contributed by atoms with van der Waals surface area (Å²) in [5.74, 6) is -0.548. The second-order valence-electron chi connectivity index (χ2n) is 4.82. The van der Waals surface area contributed by atoms with E-state index in [0.29, 0.717) is 11.1 Å². The summed E-state index contributed by atoms with van der Waals surface area (Å²) >= 11 is 0. The second kappa shape index (κ2) is 5.60. The first-order valence-corrected chi connectivity index (χ1v) is 6.34. The Balaban J connectivity index is 2.35. The van der Waals surface area contributed by atoms with Gasteiger partial charge in [-0.3, -0.25) is 4.79 Å². The molecule has 2 rings (SSSR count). The normalized spacial score (nSPS) is 11.3. The minimum Gasteiger partial charge on any atom is -0.321 e. The van der Waals surface area contributed by atoms with Gasteiger partial charge >= 0.3 is 6.18 Å². The van der Waals surface area contributed by atoms with Crippen LogP contribution in [-0.4, -0.2) is 5.91 Å². The lowest BCUT2D eigenvalue weighted by atomic mass is 10.0. The zero-order valence-corrected chi connectivity index (χ0v) is 11.6. The van der Waals surface area contributed by atoms with Crippen LogP contribution >= 0.6 is 0 Å². The molecule has 0 spiro atoms. The number of para-hydroxylation sites is 1. The van der Waals surface area contributed by atoms with Crippen molar-refractivity contribution < 1.29 is 18.0 Å². The summed E-state index contributed by atoms with van der Waals surface area (Å²) in [6.07, 6.45) is -4.51. The smallest absolute Gasteiger partial charge is 0.321 e. The third kappa shape index (κ3) is 3.42. The van der Waals surface area contributed by atoms with E-state index in [1.807, 2.05) is 13.0 Å². The molecule has 0 saturated heterocycles. The molecule has 0 fully saturated rings. The van der Waals surface area contributed by atoms with Crippen LogP contribution in [0.3, 0.4) is 0 Å². The average Bonchev–Trinajstić information content (AvgIpc) is 2.41. The Morgan fingerprint density at radius 1 is 1.05 bits per heavy atom. The van der Waals surface area contributed by atoms with Crippen molar-refractivity contribution in [2.45, 2.75) is 20.0 Å². The van der Waals surface area contributed by atoms with E-state index >= 15 is 0 Å². The lowest BCUT2D eigenvalue weighted by Crippen LogP contribution is -2.17. The molecule has 0 atom stereocenters. The van der Waals surface area contributed by atoms with E-state index in [9.17, 15) is 18.0 Å². The van der Waals surface area contributed by atoms with Crippen LogP contribution in [0.15, 0.2) is 42.5 Å². The molecule has 0 aliphatic heterocycles. The summed E-state index contributed by atoms with van der Waals surface area (Å²) < 4.78 is 38.7. The first kappa shape index (κ1) is 15.1. The molecule has 5 heteroatoms. The van der Waals surface area contributed by atoms with Crippen LogP contribution in [0.4, 0.5) is 18.9 Å².